The molecule has 1 aromatic heterocycles. The van der Waals surface area contributed by atoms with Crippen molar-refractivity contribution in [2.24, 2.45) is 0 Å². The molecule has 0 aliphatic heterocycles. The van der Waals surface area contributed by atoms with E-state index >= 15 is 0 Å². The fourth-order valence-electron chi connectivity index (χ4n) is 1.79. The normalized spacial score (nSPS) is 10.3. The van der Waals surface area contributed by atoms with Gasteiger partial charge in [0.05, 0.1) is 0 Å². The molecule has 0 atom stereocenters. The van der Waals surface area contributed by atoms with E-state index in [1.54, 1.807) is 12.4 Å². The van der Waals surface area contributed by atoms with Gasteiger partial charge in [-0.3, -0.25) is 9.78 Å². The first-order chi connectivity index (χ1) is 9.08. The molecule has 0 fully saturated rings. The third-order valence-corrected chi connectivity index (χ3v) is 3.52. The number of aryl methyl sites for hydroxylation is 2. The molecule has 0 unspecified atom stereocenters. The molecule has 19 heavy (non-hydrogen) atoms. The summed E-state index contributed by atoms with van der Waals surface area (Å²) >= 11 is 3.38. The maximum absolute atomic E-state index is 12.1. The minimum Gasteiger partial charge on any atom is -0.348 e. The number of aromatic nitrogens is 1. The molecule has 0 bridgehead atoms. The van der Waals surface area contributed by atoms with E-state index in [9.17, 15) is 4.79 Å². The Morgan fingerprint density at radius 2 is 2.05 bits per heavy atom. The molecule has 1 amide bonds. The summed E-state index contributed by atoms with van der Waals surface area (Å²) in [7, 11) is 0. The highest BCUT2D eigenvalue weighted by molar-refractivity contribution is 9.10. The van der Waals surface area contributed by atoms with Crippen LogP contribution in [0.2, 0.25) is 0 Å². The first-order valence-electron chi connectivity index (χ1n) is 6.02. The van der Waals surface area contributed by atoms with Crippen LogP contribution in [0.25, 0.3) is 0 Å². The second-order valence-corrected chi connectivity index (χ2v) is 5.36. The summed E-state index contributed by atoms with van der Waals surface area (Å²) in [5.41, 5.74) is 3.81. The van der Waals surface area contributed by atoms with Crippen molar-refractivity contribution in [3.8, 4) is 0 Å². The zero-order chi connectivity index (χ0) is 13.8. The lowest BCUT2D eigenvalue weighted by molar-refractivity contribution is 0.0950. The molecule has 0 aliphatic carbocycles. The number of amides is 1. The number of nitrogens with zero attached hydrogens (tertiary/aromatic N) is 1. The fourth-order valence-corrected chi connectivity index (χ4v) is 2.15. The van der Waals surface area contributed by atoms with Gasteiger partial charge in [0.1, 0.15) is 0 Å². The summed E-state index contributed by atoms with van der Waals surface area (Å²) in [6.45, 7) is 4.43. The molecule has 1 heterocycles. The molecule has 98 valence electrons. The number of carbonyl (C=O) groups is 1. The molecule has 0 saturated carbocycles. The Morgan fingerprint density at radius 3 is 2.79 bits per heavy atom. The van der Waals surface area contributed by atoms with Crippen molar-refractivity contribution >= 4 is 21.8 Å². The van der Waals surface area contributed by atoms with Crippen LogP contribution in [0.4, 0.5) is 0 Å². The van der Waals surface area contributed by atoms with Crippen molar-refractivity contribution in [3.63, 3.8) is 0 Å². The van der Waals surface area contributed by atoms with Gasteiger partial charge in [-0.05, 0) is 48.7 Å². The van der Waals surface area contributed by atoms with Gasteiger partial charge in [-0.1, -0.05) is 22.0 Å². The van der Waals surface area contributed by atoms with Crippen LogP contribution in [0.15, 0.2) is 41.1 Å². The van der Waals surface area contributed by atoms with Crippen LogP contribution >= 0.6 is 15.9 Å². The molecule has 1 aromatic carbocycles. The highest BCUT2D eigenvalue weighted by atomic mass is 79.9. The highest BCUT2D eigenvalue weighted by Gasteiger charge is 2.09. The third-order valence-electron chi connectivity index (χ3n) is 3.03. The van der Waals surface area contributed by atoms with Crippen molar-refractivity contribution in [1.29, 1.82) is 0 Å². The Morgan fingerprint density at radius 1 is 1.26 bits per heavy atom. The first kappa shape index (κ1) is 13.7. The average Bonchev–Trinajstić information content (AvgIpc) is 2.40. The predicted molar refractivity (Wildman–Crippen MR) is 79.0 cm³/mol. The maximum Gasteiger partial charge on any atom is 0.251 e. The predicted octanol–water partition coefficient (Wildman–Crippen LogP) is 3.39. The van der Waals surface area contributed by atoms with Crippen LogP contribution in [-0.2, 0) is 6.54 Å². The smallest absolute Gasteiger partial charge is 0.251 e. The maximum atomic E-state index is 12.1. The summed E-state index contributed by atoms with van der Waals surface area (Å²) < 4.78 is 0.904. The van der Waals surface area contributed by atoms with Gasteiger partial charge >= 0.3 is 0 Å². The number of halogens is 1. The summed E-state index contributed by atoms with van der Waals surface area (Å²) in [5, 5.41) is 2.92. The van der Waals surface area contributed by atoms with Crippen molar-refractivity contribution in [2.75, 3.05) is 0 Å². The Kier molecular flexibility index (Phi) is 4.32. The Balaban J connectivity index is 2.10. The van der Waals surface area contributed by atoms with E-state index in [1.165, 1.54) is 0 Å². The van der Waals surface area contributed by atoms with E-state index in [-0.39, 0.29) is 5.91 Å². The number of hydrogen-bond acceptors (Lipinski definition) is 2. The molecular weight excluding hydrogens is 304 g/mol. The summed E-state index contributed by atoms with van der Waals surface area (Å²) in [4.78, 5) is 16.2. The molecule has 2 aromatic rings. The number of nitrogens with one attached hydrogen (secondary N) is 1. The number of pyridine rings is 1. The highest BCUT2D eigenvalue weighted by Crippen LogP contribution is 2.16. The molecule has 0 radical (unpaired) electrons. The zero-order valence-corrected chi connectivity index (χ0v) is 12.5. The first-order valence-corrected chi connectivity index (χ1v) is 6.81. The molecule has 0 saturated heterocycles. The van der Waals surface area contributed by atoms with E-state index in [0.29, 0.717) is 12.1 Å². The topological polar surface area (TPSA) is 42.0 Å². The standard InChI is InChI=1S/C15H15BrN2O/c1-10-5-6-17-8-12(10)9-18-15(19)14-7-13(16)4-3-11(14)2/h3-8H,9H2,1-2H3,(H,18,19). The average molecular weight is 319 g/mol. The number of benzene rings is 1. The third kappa shape index (κ3) is 3.41. The van der Waals surface area contributed by atoms with Crippen molar-refractivity contribution < 1.29 is 4.79 Å². The summed E-state index contributed by atoms with van der Waals surface area (Å²) in [5.74, 6) is -0.0675. The van der Waals surface area contributed by atoms with E-state index in [0.717, 1.165) is 21.2 Å². The lowest BCUT2D eigenvalue weighted by Gasteiger charge is -2.09. The molecule has 3 nitrogen and oxygen atoms in total. The monoisotopic (exact) mass is 318 g/mol. The van der Waals surface area contributed by atoms with Crippen LogP contribution in [0, 0.1) is 13.8 Å². The van der Waals surface area contributed by atoms with Gasteiger partial charge in [0.2, 0.25) is 0 Å². The van der Waals surface area contributed by atoms with Crippen LogP contribution in [0.5, 0.6) is 0 Å². The second-order valence-electron chi connectivity index (χ2n) is 4.44. The van der Waals surface area contributed by atoms with E-state index < -0.39 is 0 Å². The van der Waals surface area contributed by atoms with Crippen molar-refractivity contribution in [2.45, 2.75) is 20.4 Å². The Labute approximate surface area is 121 Å². The van der Waals surface area contributed by atoms with Gasteiger partial charge in [0.25, 0.3) is 5.91 Å². The van der Waals surface area contributed by atoms with Gasteiger partial charge in [0, 0.05) is 29.0 Å². The largest absolute Gasteiger partial charge is 0.348 e. The fraction of sp³-hybridized carbons (Fsp3) is 0.200. The minimum atomic E-state index is -0.0675. The molecule has 0 spiro atoms. The van der Waals surface area contributed by atoms with Crippen molar-refractivity contribution in [3.05, 3.63) is 63.4 Å². The van der Waals surface area contributed by atoms with Gasteiger partial charge in [-0.2, -0.15) is 0 Å². The molecule has 2 rings (SSSR count). The lowest BCUT2D eigenvalue weighted by atomic mass is 10.1. The molecule has 1 N–H and O–H groups in total. The van der Waals surface area contributed by atoms with Gasteiger partial charge in [-0.25, -0.2) is 0 Å². The number of rotatable bonds is 3. The minimum absolute atomic E-state index is 0.0675. The quantitative estimate of drug-likeness (QED) is 0.942. The van der Waals surface area contributed by atoms with E-state index in [2.05, 4.69) is 26.2 Å². The van der Waals surface area contributed by atoms with Gasteiger partial charge in [-0.15, -0.1) is 0 Å². The Hall–Kier alpha value is -1.68. The summed E-state index contributed by atoms with van der Waals surface area (Å²) in [6.07, 6.45) is 3.53. The Bertz CT molecular complexity index is 611. The molecule has 4 heteroatoms. The van der Waals surface area contributed by atoms with Crippen LogP contribution in [0.1, 0.15) is 27.0 Å². The number of hydrogen-bond donors (Lipinski definition) is 1. The van der Waals surface area contributed by atoms with Crippen LogP contribution in [-0.4, -0.2) is 10.9 Å². The zero-order valence-electron chi connectivity index (χ0n) is 10.9. The van der Waals surface area contributed by atoms with E-state index in [1.807, 2.05) is 38.1 Å². The number of carbonyl (C=O) groups excluding carboxylic acids is 1. The van der Waals surface area contributed by atoms with Crippen molar-refractivity contribution in [1.82, 2.24) is 10.3 Å². The second kappa shape index (κ2) is 5.97. The lowest BCUT2D eigenvalue weighted by Crippen LogP contribution is -2.24. The van der Waals surface area contributed by atoms with Gasteiger partial charge < -0.3 is 5.32 Å². The van der Waals surface area contributed by atoms with E-state index in [4.69, 9.17) is 0 Å². The van der Waals surface area contributed by atoms with Crippen LogP contribution < -0.4 is 5.32 Å². The molecule has 0 aliphatic rings. The SMILES string of the molecule is Cc1ccncc1CNC(=O)c1cc(Br)ccc1C. The van der Waals surface area contributed by atoms with Crippen LogP contribution in [0.3, 0.4) is 0 Å². The molecular formula is C15H15BrN2O. The van der Waals surface area contributed by atoms with Gasteiger partial charge in [0.15, 0.2) is 0 Å². The summed E-state index contributed by atoms with van der Waals surface area (Å²) in [6, 6.07) is 7.62.